The summed E-state index contributed by atoms with van der Waals surface area (Å²) in [7, 11) is 0.230. The molecule has 0 aliphatic rings. The van der Waals surface area contributed by atoms with E-state index in [1.54, 1.807) is 0 Å². The molecule has 0 aromatic heterocycles. The van der Waals surface area contributed by atoms with Crippen molar-refractivity contribution >= 4 is 96.0 Å². The van der Waals surface area contributed by atoms with Gasteiger partial charge in [-0.05, 0) is 53.3 Å². The fraction of sp³-hybridized carbons (Fsp3) is 0.182. The predicted molar refractivity (Wildman–Crippen MR) is 232 cm³/mol. The minimum absolute atomic E-state index is 0. The molecule has 0 N–H and O–H groups in total. The summed E-state index contributed by atoms with van der Waals surface area (Å²) in [6.07, 6.45) is 0. The van der Waals surface area contributed by atoms with Gasteiger partial charge in [-0.25, -0.2) is 0 Å². The van der Waals surface area contributed by atoms with Gasteiger partial charge < -0.3 is 9.41 Å². The Bertz CT molecular complexity index is 1740. The number of hydrogen-bond acceptors (Lipinski definition) is 0. The van der Waals surface area contributed by atoms with Gasteiger partial charge in [0.2, 0.25) is 0 Å². The van der Waals surface area contributed by atoms with Crippen molar-refractivity contribution in [2.75, 3.05) is 53.3 Å². The van der Waals surface area contributed by atoms with Crippen LogP contribution in [-0.4, -0.2) is 53.3 Å². The summed E-state index contributed by atoms with van der Waals surface area (Å²) in [4.78, 5) is 0. The number of halogens is 2. The van der Waals surface area contributed by atoms with Crippen molar-refractivity contribution in [1.82, 2.24) is 0 Å². The first-order chi connectivity index (χ1) is 23.1. The molecule has 0 aliphatic heterocycles. The molecule has 8 aromatic rings. The van der Waals surface area contributed by atoms with E-state index < -0.39 is 0 Å². The first kappa shape index (κ1) is 48.7. The Kier molecular flexibility index (Phi) is 22.1. The van der Waals surface area contributed by atoms with Crippen LogP contribution in [0.4, 0.5) is 0 Å². The standard InChI is InChI=1S/4C11H12P.2FH.2Zr/c4*1-12(2)11-7-9-5-3-4-6-10(9)8-11;;;;/h4*3-8H,1-2H3;2*1H;;/q4*-1;;;2*+2/p-2. The molecule has 0 heterocycles. The summed E-state index contributed by atoms with van der Waals surface area (Å²) >= 11 is 0. The molecule has 0 saturated carbocycles. The van der Waals surface area contributed by atoms with E-state index in [0.717, 1.165) is 0 Å². The van der Waals surface area contributed by atoms with Crippen molar-refractivity contribution in [3.05, 3.63) is 146 Å². The first-order valence-electron chi connectivity index (χ1n) is 16.4. The van der Waals surface area contributed by atoms with E-state index in [1.165, 1.54) is 64.3 Å². The van der Waals surface area contributed by atoms with Crippen molar-refractivity contribution < 1.29 is 61.8 Å². The molecule has 8 aromatic carbocycles. The maximum absolute atomic E-state index is 2.31. The van der Waals surface area contributed by atoms with Gasteiger partial charge in [-0.15, -0.1) is 193 Å². The fourth-order valence-corrected chi connectivity index (χ4v) is 8.75. The normalized spacial score (nSPS) is 10.4. The van der Waals surface area contributed by atoms with Crippen LogP contribution in [0, 0.1) is 0 Å². The maximum Gasteiger partial charge on any atom is 2.00 e. The van der Waals surface area contributed by atoms with Crippen LogP contribution >= 0.6 is 31.7 Å². The summed E-state index contributed by atoms with van der Waals surface area (Å²) in [5, 5.41) is 17.1. The molecule has 0 saturated heterocycles. The number of hydrogen-bond donors (Lipinski definition) is 0. The van der Waals surface area contributed by atoms with Crippen LogP contribution in [-0.2, 0) is 52.4 Å². The smallest absolute Gasteiger partial charge is 1.00 e. The SMILES string of the molecule is CP(C)c1cc2ccccc2[cH-]1.CP(C)c1cc2ccccc2[cH-]1.CP(C)c1cc2ccccc2[cH-]1.CP(C)c1cc2ccccc2[cH-]1.[F-].[F-].[Zr+2].[Zr+2]. The molecular formula is C44H48F2P4Zr2-2. The number of rotatable bonds is 4. The Morgan fingerprint density at radius 3 is 0.635 bits per heavy atom. The van der Waals surface area contributed by atoms with Crippen molar-refractivity contribution in [1.29, 1.82) is 0 Å². The second-order valence-electron chi connectivity index (χ2n) is 12.9. The topological polar surface area (TPSA) is 0 Å². The summed E-state index contributed by atoms with van der Waals surface area (Å²) < 4.78 is 0. The van der Waals surface area contributed by atoms with Gasteiger partial charge in [-0.2, -0.15) is 24.3 Å². The summed E-state index contributed by atoms with van der Waals surface area (Å²) in [5.74, 6) is 0. The average molecular weight is 921 g/mol. The van der Waals surface area contributed by atoms with Crippen LogP contribution in [0.1, 0.15) is 0 Å². The third-order valence-corrected chi connectivity index (χ3v) is 13.6. The van der Waals surface area contributed by atoms with Gasteiger partial charge >= 0.3 is 52.4 Å². The quantitative estimate of drug-likeness (QED) is 0.157. The zero-order valence-corrected chi connectivity index (χ0v) is 39.9. The second kappa shape index (κ2) is 23.6. The van der Waals surface area contributed by atoms with Gasteiger partial charge in [0, 0.05) is 0 Å². The largest absolute Gasteiger partial charge is 2.00 e. The van der Waals surface area contributed by atoms with E-state index in [-0.39, 0.29) is 93.5 Å². The van der Waals surface area contributed by atoms with Crippen molar-refractivity contribution in [3.63, 3.8) is 0 Å². The molecule has 0 spiro atoms. The molecule has 0 nitrogen and oxygen atoms in total. The zero-order chi connectivity index (χ0) is 34.2. The molecule has 0 unspecified atom stereocenters. The van der Waals surface area contributed by atoms with Crippen molar-refractivity contribution in [3.8, 4) is 0 Å². The predicted octanol–water partition coefficient (Wildman–Crippen LogP) is 5.71. The number of benzene rings is 4. The fourth-order valence-electron chi connectivity index (χ4n) is 5.57. The molecule has 0 atom stereocenters. The van der Waals surface area contributed by atoms with Gasteiger partial charge in [-0.3, -0.25) is 0 Å². The molecule has 0 bridgehead atoms. The van der Waals surface area contributed by atoms with Crippen molar-refractivity contribution in [2.45, 2.75) is 0 Å². The first-order valence-corrected chi connectivity index (χ1v) is 25.3. The molecule has 268 valence electrons. The Balaban J connectivity index is 0.000000338. The molecule has 52 heavy (non-hydrogen) atoms. The van der Waals surface area contributed by atoms with Gasteiger partial charge in [0.1, 0.15) is 0 Å². The second-order valence-corrected chi connectivity index (χ2v) is 22.2. The van der Waals surface area contributed by atoms with Gasteiger partial charge in [0.05, 0.1) is 0 Å². The van der Waals surface area contributed by atoms with Gasteiger partial charge in [0.25, 0.3) is 0 Å². The Hall–Kier alpha value is -1.33. The Morgan fingerprint density at radius 1 is 0.308 bits per heavy atom. The Morgan fingerprint density at radius 2 is 0.481 bits per heavy atom. The molecule has 0 aliphatic carbocycles. The van der Waals surface area contributed by atoms with Crippen LogP contribution in [0.5, 0.6) is 0 Å². The van der Waals surface area contributed by atoms with E-state index in [9.17, 15) is 0 Å². The van der Waals surface area contributed by atoms with E-state index in [0.29, 0.717) is 0 Å². The van der Waals surface area contributed by atoms with Crippen LogP contribution in [0.15, 0.2) is 146 Å². The van der Waals surface area contributed by atoms with Crippen LogP contribution in [0.2, 0.25) is 0 Å². The molecule has 0 fully saturated rings. The van der Waals surface area contributed by atoms with Crippen LogP contribution in [0.3, 0.4) is 0 Å². The van der Waals surface area contributed by atoms with E-state index in [4.69, 9.17) is 0 Å². The third-order valence-electron chi connectivity index (χ3n) is 8.48. The van der Waals surface area contributed by atoms with E-state index in [2.05, 4.69) is 199 Å². The molecule has 8 heteroatoms. The molecule has 0 radical (unpaired) electrons. The summed E-state index contributed by atoms with van der Waals surface area (Å²) in [6.45, 7) is 18.4. The summed E-state index contributed by atoms with van der Waals surface area (Å²) in [5.41, 5.74) is 0. The van der Waals surface area contributed by atoms with Gasteiger partial charge in [0.15, 0.2) is 0 Å². The summed E-state index contributed by atoms with van der Waals surface area (Å²) in [6, 6.07) is 52.7. The Labute approximate surface area is 353 Å². The molecule has 8 rings (SSSR count). The molecule has 0 amide bonds. The number of fused-ring (bicyclic) bond motifs is 4. The minimum Gasteiger partial charge on any atom is -1.00 e. The maximum atomic E-state index is 2.31. The van der Waals surface area contributed by atoms with E-state index in [1.807, 2.05) is 0 Å². The van der Waals surface area contributed by atoms with Crippen LogP contribution < -0.4 is 30.6 Å². The monoisotopic (exact) mass is 918 g/mol. The van der Waals surface area contributed by atoms with Crippen molar-refractivity contribution in [2.24, 2.45) is 0 Å². The molecular weight excluding hydrogens is 873 g/mol. The third kappa shape index (κ3) is 13.5. The average Bonchev–Trinajstić information content (AvgIpc) is 3.89. The zero-order valence-electron chi connectivity index (χ0n) is 31.4. The van der Waals surface area contributed by atoms with Crippen LogP contribution in [0.25, 0.3) is 43.1 Å². The van der Waals surface area contributed by atoms with Gasteiger partial charge in [-0.1, -0.05) is 24.3 Å². The van der Waals surface area contributed by atoms with E-state index >= 15 is 0 Å². The minimum atomic E-state index is 0.